The highest BCUT2D eigenvalue weighted by Crippen LogP contribution is 2.29. The number of hydrogen-bond donors (Lipinski definition) is 0. The minimum Gasteiger partial charge on any atom is -0.242 e. The average Bonchev–Trinajstić information content (AvgIpc) is 2.52. The molecule has 2 aromatic carbocycles. The van der Waals surface area contributed by atoms with Gasteiger partial charge in [-0.2, -0.15) is 0 Å². The molecule has 0 aliphatic heterocycles. The van der Waals surface area contributed by atoms with Gasteiger partial charge < -0.3 is 0 Å². The lowest BCUT2D eigenvalue weighted by atomic mass is 10.1. The Morgan fingerprint density at radius 3 is 2.09 bits per heavy atom. The van der Waals surface area contributed by atoms with Crippen molar-refractivity contribution in [2.45, 2.75) is 52.0 Å². The van der Waals surface area contributed by atoms with Crippen molar-refractivity contribution in [2.24, 2.45) is 0 Å². The van der Waals surface area contributed by atoms with Crippen molar-refractivity contribution in [3.63, 3.8) is 0 Å². The Kier molecular flexibility index (Phi) is 5.77. The van der Waals surface area contributed by atoms with E-state index in [9.17, 15) is 4.21 Å². The molecule has 0 aromatic heterocycles. The summed E-state index contributed by atoms with van der Waals surface area (Å²) in [7, 11) is -1.08. The van der Waals surface area contributed by atoms with Crippen LogP contribution in [0.2, 0.25) is 0 Å². The van der Waals surface area contributed by atoms with Crippen molar-refractivity contribution in [3.8, 4) is 0 Å². The number of benzene rings is 2. The highest BCUT2D eigenvalue weighted by molar-refractivity contribution is 7.84. The first kappa shape index (κ1) is 17.9. The van der Waals surface area contributed by atoms with Gasteiger partial charge in [-0.05, 0) is 45.7 Å². The zero-order valence-electron chi connectivity index (χ0n) is 14.7. The molecule has 2 aromatic rings. The first-order chi connectivity index (χ1) is 10.8. The molecule has 0 N–H and O–H groups in total. The maximum Gasteiger partial charge on any atom is 0.101 e. The van der Waals surface area contributed by atoms with Crippen LogP contribution < -0.4 is 0 Å². The third-order valence-corrected chi connectivity index (χ3v) is 5.83. The van der Waals surface area contributed by atoms with Crippen LogP contribution in [0.4, 0.5) is 0 Å². The second-order valence-electron chi connectivity index (χ2n) is 7.01. The van der Waals surface area contributed by atoms with Crippen LogP contribution in [-0.2, 0) is 17.5 Å². The van der Waals surface area contributed by atoms with Gasteiger partial charge in [0.15, 0.2) is 0 Å². The summed E-state index contributed by atoms with van der Waals surface area (Å²) in [6.45, 7) is 11.0. The SMILES string of the molecule is Cc1ccc(C(C)N(Cc2ccccc2)S(=O)C(C)(C)C)cc1. The highest BCUT2D eigenvalue weighted by atomic mass is 32.2. The van der Waals surface area contributed by atoms with Crippen molar-refractivity contribution in [1.29, 1.82) is 0 Å². The molecule has 2 nitrogen and oxygen atoms in total. The average molecular weight is 330 g/mol. The Morgan fingerprint density at radius 1 is 1.00 bits per heavy atom. The lowest BCUT2D eigenvalue weighted by molar-refractivity contribution is 0.350. The summed E-state index contributed by atoms with van der Waals surface area (Å²) in [5.41, 5.74) is 3.63. The predicted molar refractivity (Wildman–Crippen MR) is 99.5 cm³/mol. The molecule has 0 saturated carbocycles. The maximum atomic E-state index is 13.1. The van der Waals surface area contributed by atoms with E-state index in [0.29, 0.717) is 6.54 Å². The van der Waals surface area contributed by atoms with E-state index in [1.54, 1.807) is 0 Å². The molecule has 0 aliphatic carbocycles. The molecule has 0 fully saturated rings. The van der Waals surface area contributed by atoms with Gasteiger partial charge in [-0.3, -0.25) is 0 Å². The summed E-state index contributed by atoms with van der Waals surface area (Å²) in [6, 6.07) is 18.9. The normalized spacial score (nSPS) is 14.7. The molecule has 0 radical (unpaired) electrons. The zero-order chi connectivity index (χ0) is 17.0. The van der Waals surface area contributed by atoms with Crippen LogP contribution in [0.15, 0.2) is 54.6 Å². The minimum atomic E-state index is -1.08. The van der Waals surface area contributed by atoms with E-state index in [2.05, 4.69) is 54.6 Å². The number of rotatable bonds is 5. The number of aryl methyl sites for hydroxylation is 1. The van der Waals surface area contributed by atoms with Crippen LogP contribution in [0.5, 0.6) is 0 Å². The van der Waals surface area contributed by atoms with Crippen LogP contribution in [0.1, 0.15) is 50.4 Å². The molecule has 2 unspecified atom stereocenters. The van der Waals surface area contributed by atoms with Crippen LogP contribution in [-0.4, -0.2) is 13.3 Å². The van der Waals surface area contributed by atoms with Crippen LogP contribution in [0.3, 0.4) is 0 Å². The lowest BCUT2D eigenvalue weighted by Gasteiger charge is -2.33. The first-order valence-corrected chi connectivity index (χ1v) is 9.19. The smallest absolute Gasteiger partial charge is 0.101 e. The van der Waals surface area contributed by atoms with Crippen molar-refractivity contribution < 1.29 is 4.21 Å². The maximum absolute atomic E-state index is 13.1. The standard InChI is InChI=1S/C20H27NOS/c1-16-11-13-19(14-12-16)17(2)21(23(22)20(3,4)5)15-18-9-7-6-8-10-18/h6-14,17H,15H2,1-5H3. The zero-order valence-corrected chi connectivity index (χ0v) is 15.6. The minimum absolute atomic E-state index is 0.0934. The third-order valence-electron chi connectivity index (χ3n) is 3.91. The number of hydrogen-bond acceptors (Lipinski definition) is 1. The van der Waals surface area contributed by atoms with E-state index in [-0.39, 0.29) is 10.8 Å². The fraction of sp³-hybridized carbons (Fsp3) is 0.400. The fourth-order valence-electron chi connectivity index (χ4n) is 2.47. The third kappa shape index (κ3) is 4.76. The predicted octanol–water partition coefficient (Wildman–Crippen LogP) is 5.02. The summed E-state index contributed by atoms with van der Waals surface area (Å²) < 4.78 is 14.9. The van der Waals surface area contributed by atoms with E-state index in [1.165, 1.54) is 16.7 Å². The van der Waals surface area contributed by atoms with Gasteiger partial charge in [-0.25, -0.2) is 8.51 Å². The quantitative estimate of drug-likeness (QED) is 0.754. The first-order valence-electron chi connectivity index (χ1n) is 8.08. The van der Waals surface area contributed by atoms with E-state index in [0.717, 1.165) is 0 Å². The molecular formula is C20H27NOS. The summed E-state index contributed by atoms with van der Waals surface area (Å²) >= 11 is 0. The van der Waals surface area contributed by atoms with Crippen LogP contribution in [0, 0.1) is 6.92 Å². The van der Waals surface area contributed by atoms with Gasteiger partial charge in [0.05, 0.1) is 4.75 Å². The Hall–Kier alpha value is -1.45. The Labute approximate surface area is 143 Å². The monoisotopic (exact) mass is 329 g/mol. The molecule has 0 bridgehead atoms. The molecule has 0 spiro atoms. The van der Waals surface area contributed by atoms with Crippen LogP contribution >= 0.6 is 0 Å². The van der Waals surface area contributed by atoms with Gasteiger partial charge in [-0.1, -0.05) is 60.2 Å². The lowest BCUT2D eigenvalue weighted by Crippen LogP contribution is -2.38. The van der Waals surface area contributed by atoms with Crippen molar-refractivity contribution in [1.82, 2.24) is 4.31 Å². The van der Waals surface area contributed by atoms with Crippen LogP contribution in [0.25, 0.3) is 0 Å². The molecule has 3 heteroatoms. The fourth-order valence-corrected chi connectivity index (χ4v) is 3.84. The van der Waals surface area contributed by atoms with E-state index >= 15 is 0 Å². The van der Waals surface area contributed by atoms with Gasteiger partial charge in [0.2, 0.25) is 0 Å². The molecular weight excluding hydrogens is 302 g/mol. The molecule has 2 rings (SSSR count). The highest BCUT2D eigenvalue weighted by Gasteiger charge is 2.30. The molecule has 0 aliphatic rings. The summed E-state index contributed by atoms with van der Waals surface area (Å²) in [4.78, 5) is 0. The molecule has 0 heterocycles. The van der Waals surface area contributed by atoms with Gasteiger partial charge in [0, 0.05) is 12.6 Å². The Bertz CT molecular complexity index is 644. The Morgan fingerprint density at radius 2 is 1.57 bits per heavy atom. The largest absolute Gasteiger partial charge is 0.242 e. The second-order valence-corrected chi connectivity index (χ2v) is 9.20. The molecule has 0 saturated heterocycles. The summed E-state index contributed by atoms with van der Waals surface area (Å²) in [5.74, 6) is 0. The number of nitrogens with zero attached hydrogens (tertiary/aromatic N) is 1. The van der Waals surface area contributed by atoms with E-state index < -0.39 is 11.0 Å². The summed E-state index contributed by atoms with van der Waals surface area (Å²) in [6.07, 6.45) is 0. The molecule has 124 valence electrons. The van der Waals surface area contributed by atoms with Crippen molar-refractivity contribution in [3.05, 3.63) is 71.3 Å². The molecule has 2 atom stereocenters. The molecule has 0 amide bonds. The summed E-state index contributed by atoms with van der Waals surface area (Å²) in [5, 5.41) is 0. The van der Waals surface area contributed by atoms with Gasteiger partial charge in [0.1, 0.15) is 11.0 Å². The van der Waals surface area contributed by atoms with Gasteiger partial charge in [-0.15, -0.1) is 0 Å². The van der Waals surface area contributed by atoms with Crippen molar-refractivity contribution >= 4 is 11.0 Å². The van der Waals surface area contributed by atoms with E-state index in [1.807, 2.05) is 39.0 Å². The Balaban J connectivity index is 2.32. The van der Waals surface area contributed by atoms with Gasteiger partial charge in [0.25, 0.3) is 0 Å². The second kappa shape index (κ2) is 7.41. The van der Waals surface area contributed by atoms with Crippen molar-refractivity contribution in [2.75, 3.05) is 0 Å². The molecule has 23 heavy (non-hydrogen) atoms. The topological polar surface area (TPSA) is 20.3 Å². The van der Waals surface area contributed by atoms with E-state index in [4.69, 9.17) is 0 Å². The van der Waals surface area contributed by atoms with Gasteiger partial charge >= 0.3 is 0 Å².